The number of carboxylic acids is 1. The molecule has 0 atom stereocenters. The molecular weight excluding hydrogens is 330 g/mol. The van der Waals surface area contributed by atoms with Crippen LogP contribution in [0.4, 0.5) is 0 Å². The first-order valence-electron chi connectivity index (χ1n) is 8.68. The summed E-state index contributed by atoms with van der Waals surface area (Å²) in [6.07, 6.45) is 1.63. The van der Waals surface area contributed by atoms with Crippen LogP contribution in [-0.2, 0) is 17.8 Å². The number of hydrogen-bond donors (Lipinski definition) is 1. The molecule has 3 aromatic rings. The molecule has 0 bridgehead atoms. The Morgan fingerprint density at radius 3 is 2.69 bits per heavy atom. The van der Waals surface area contributed by atoms with Crippen molar-refractivity contribution in [1.82, 2.24) is 14.6 Å². The summed E-state index contributed by atoms with van der Waals surface area (Å²) in [6, 6.07) is 7.66. The maximum Gasteiger partial charge on any atom is 0.354 e. The molecule has 0 unspecified atom stereocenters. The van der Waals surface area contributed by atoms with E-state index in [1.165, 1.54) is 0 Å². The molecule has 0 aliphatic rings. The van der Waals surface area contributed by atoms with E-state index in [-0.39, 0.29) is 5.69 Å². The molecule has 0 saturated heterocycles. The Morgan fingerprint density at radius 1 is 1.27 bits per heavy atom. The molecule has 6 nitrogen and oxygen atoms in total. The summed E-state index contributed by atoms with van der Waals surface area (Å²) < 4.78 is 7.14. The highest BCUT2D eigenvalue weighted by Crippen LogP contribution is 2.34. The van der Waals surface area contributed by atoms with Crippen molar-refractivity contribution in [2.24, 2.45) is 0 Å². The average Bonchev–Trinajstić information content (AvgIpc) is 2.92. The van der Waals surface area contributed by atoms with Crippen LogP contribution >= 0.6 is 0 Å². The van der Waals surface area contributed by atoms with Gasteiger partial charge < -0.3 is 9.84 Å². The van der Waals surface area contributed by atoms with E-state index >= 15 is 0 Å². The van der Waals surface area contributed by atoms with E-state index in [0.29, 0.717) is 12.3 Å². The number of carbonyl (C=O) groups is 1. The number of methoxy groups -OCH3 is 1. The lowest BCUT2D eigenvalue weighted by Gasteiger charge is -2.12. The number of rotatable bonds is 6. The number of fused-ring (bicyclic) bond motifs is 1. The number of aryl methyl sites for hydroxylation is 3. The Bertz CT molecular complexity index is 976. The van der Waals surface area contributed by atoms with Crippen molar-refractivity contribution >= 4 is 11.6 Å². The standard InChI is InChI=1S/C20H23N3O3/c1-5-7-15-10-16(20(24)25)21-19-18(13(3)22-23(15)19)17-12(2)8-6-9-14(17)11-26-4/h6,8-10H,5,7,11H2,1-4H3,(H,24,25). The number of aromatic nitrogens is 3. The Morgan fingerprint density at radius 2 is 2.04 bits per heavy atom. The van der Waals surface area contributed by atoms with Crippen molar-refractivity contribution in [3.63, 3.8) is 0 Å². The number of benzene rings is 1. The van der Waals surface area contributed by atoms with E-state index in [0.717, 1.165) is 46.5 Å². The zero-order chi connectivity index (χ0) is 18.8. The van der Waals surface area contributed by atoms with Crippen LogP contribution in [-0.4, -0.2) is 32.8 Å². The fourth-order valence-corrected chi connectivity index (χ4v) is 3.38. The number of carboxylic acid groups (broad SMARTS) is 1. The Kier molecular flexibility index (Phi) is 5.04. The van der Waals surface area contributed by atoms with Gasteiger partial charge in [0.05, 0.1) is 17.9 Å². The van der Waals surface area contributed by atoms with Gasteiger partial charge in [-0.15, -0.1) is 0 Å². The Balaban J connectivity index is 2.38. The molecule has 0 amide bonds. The lowest BCUT2D eigenvalue weighted by atomic mass is 9.95. The molecule has 1 N–H and O–H groups in total. The maximum absolute atomic E-state index is 11.6. The van der Waals surface area contributed by atoms with Crippen LogP contribution in [0.2, 0.25) is 0 Å². The number of ether oxygens (including phenoxy) is 1. The zero-order valence-electron chi connectivity index (χ0n) is 15.5. The monoisotopic (exact) mass is 353 g/mol. The van der Waals surface area contributed by atoms with Gasteiger partial charge in [0, 0.05) is 12.8 Å². The van der Waals surface area contributed by atoms with Gasteiger partial charge >= 0.3 is 5.97 Å². The highest BCUT2D eigenvalue weighted by molar-refractivity contribution is 5.89. The van der Waals surface area contributed by atoms with Crippen molar-refractivity contribution in [2.75, 3.05) is 7.11 Å². The topological polar surface area (TPSA) is 76.7 Å². The predicted octanol–water partition coefficient (Wildman–Crippen LogP) is 3.81. The molecule has 0 fully saturated rings. The number of aromatic carboxylic acids is 1. The van der Waals surface area contributed by atoms with E-state index in [1.807, 2.05) is 32.0 Å². The third kappa shape index (κ3) is 3.08. The molecule has 0 aliphatic heterocycles. The van der Waals surface area contributed by atoms with Gasteiger partial charge in [-0.05, 0) is 43.0 Å². The molecule has 0 radical (unpaired) electrons. The van der Waals surface area contributed by atoms with Gasteiger partial charge in [-0.2, -0.15) is 5.10 Å². The Labute approximate surface area is 152 Å². The van der Waals surface area contributed by atoms with Crippen LogP contribution in [0.15, 0.2) is 24.3 Å². The molecule has 0 spiro atoms. The zero-order valence-corrected chi connectivity index (χ0v) is 15.5. The van der Waals surface area contributed by atoms with Crippen LogP contribution in [0.3, 0.4) is 0 Å². The van der Waals surface area contributed by atoms with E-state index in [4.69, 9.17) is 4.74 Å². The fourth-order valence-electron chi connectivity index (χ4n) is 3.38. The van der Waals surface area contributed by atoms with Gasteiger partial charge in [0.2, 0.25) is 0 Å². The Hall–Kier alpha value is -2.73. The summed E-state index contributed by atoms with van der Waals surface area (Å²) in [5.41, 5.74) is 6.30. The first kappa shape index (κ1) is 18.1. The van der Waals surface area contributed by atoms with Crippen LogP contribution in [0, 0.1) is 13.8 Å². The van der Waals surface area contributed by atoms with Crippen LogP contribution < -0.4 is 0 Å². The third-order valence-electron chi connectivity index (χ3n) is 4.47. The van der Waals surface area contributed by atoms with Crippen LogP contribution in [0.25, 0.3) is 16.8 Å². The summed E-state index contributed by atoms with van der Waals surface area (Å²) in [4.78, 5) is 16.0. The van der Waals surface area contributed by atoms with Crippen LogP contribution in [0.5, 0.6) is 0 Å². The van der Waals surface area contributed by atoms with Gasteiger partial charge in [0.1, 0.15) is 0 Å². The lowest BCUT2D eigenvalue weighted by Crippen LogP contribution is -2.08. The van der Waals surface area contributed by atoms with Crippen molar-refractivity contribution < 1.29 is 14.6 Å². The fraction of sp³-hybridized carbons (Fsp3) is 0.350. The molecule has 0 saturated carbocycles. The molecule has 136 valence electrons. The summed E-state index contributed by atoms with van der Waals surface area (Å²) in [6.45, 7) is 6.49. The normalized spacial score (nSPS) is 11.2. The number of hydrogen-bond acceptors (Lipinski definition) is 4. The summed E-state index contributed by atoms with van der Waals surface area (Å²) in [5.74, 6) is -1.03. The molecule has 6 heteroatoms. The van der Waals surface area contributed by atoms with E-state index in [2.05, 4.69) is 17.0 Å². The maximum atomic E-state index is 11.6. The SMILES string of the molecule is CCCc1cc(C(=O)O)nc2c(-c3c(C)cccc3COC)c(C)nn12. The van der Waals surface area contributed by atoms with E-state index in [1.54, 1.807) is 17.7 Å². The second-order valence-corrected chi connectivity index (χ2v) is 6.43. The first-order valence-corrected chi connectivity index (χ1v) is 8.68. The molecule has 2 heterocycles. The second-order valence-electron chi connectivity index (χ2n) is 6.43. The highest BCUT2D eigenvalue weighted by Gasteiger charge is 2.21. The van der Waals surface area contributed by atoms with Crippen molar-refractivity contribution in [3.05, 3.63) is 52.5 Å². The van der Waals surface area contributed by atoms with Gasteiger partial charge in [0.15, 0.2) is 11.3 Å². The quantitative estimate of drug-likeness (QED) is 0.729. The largest absolute Gasteiger partial charge is 0.477 e. The molecule has 3 rings (SSSR count). The smallest absolute Gasteiger partial charge is 0.354 e. The minimum atomic E-state index is -1.03. The van der Waals surface area contributed by atoms with Gasteiger partial charge in [-0.1, -0.05) is 31.5 Å². The first-order chi connectivity index (χ1) is 12.5. The summed E-state index contributed by atoms with van der Waals surface area (Å²) in [5, 5.41) is 14.2. The molecule has 1 aromatic carbocycles. The lowest BCUT2D eigenvalue weighted by molar-refractivity contribution is 0.0690. The summed E-state index contributed by atoms with van der Waals surface area (Å²) in [7, 11) is 1.66. The predicted molar refractivity (Wildman–Crippen MR) is 99.6 cm³/mol. The number of nitrogens with zero attached hydrogens (tertiary/aromatic N) is 3. The third-order valence-corrected chi connectivity index (χ3v) is 4.47. The van der Waals surface area contributed by atoms with Gasteiger partial charge in [-0.3, -0.25) is 0 Å². The average molecular weight is 353 g/mol. The van der Waals surface area contributed by atoms with Crippen LogP contribution in [0.1, 0.15) is 46.3 Å². The molecule has 0 aliphatic carbocycles. The van der Waals surface area contributed by atoms with Crippen molar-refractivity contribution in [2.45, 2.75) is 40.2 Å². The van der Waals surface area contributed by atoms with Gasteiger partial charge in [-0.25, -0.2) is 14.3 Å². The van der Waals surface area contributed by atoms with E-state index < -0.39 is 5.97 Å². The van der Waals surface area contributed by atoms with E-state index in [9.17, 15) is 9.90 Å². The summed E-state index contributed by atoms with van der Waals surface area (Å²) >= 11 is 0. The highest BCUT2D eigenvalue weighted by atomic mass is 16.5. The minimum Gasteiger partial charge on any atom is -0.477 e. The molecule has 2 aromatic heterocycles. The minimum absolute atomic E-state index is 0.0453. The molecule has 26 heavy (non-hydrogen) atoms. The van der Waals surface area contributed by atoms with Crippen molar-refractivity contribution in [3.8, 4) is 11.1 Å². The van der Waals surface area contributed by atoms with Crippen molar-refractivity contribution in [1.29, 1.82) is 0 Å². The molecular formula is C20H23N3O3. The van der Waals surface area contributed by atoms with Gasteiger partial charge in [0.25, 0.3) is 0 Å². The second kappa shape index (κ2) is 7.25.